The number of anilines is 2. The molecule has 0 radical (unpaired) electrons. The van der Waals surface area contributed by atoms with Crippen LogP contribution in [0.3, 0.4) is 0 Å². The van der Waals surface area contributed by atoms with E-state index in [1.54, 1.807) is 0 Å². The van der Waals surface area contributed by atoms with Gasteiger partial charge in [-0.25, -0.2) is 4.90 Å². The van der Waals surface area contributed by atoms with E-state index < -0.39 is 0 Å². The fourth-order valence-electron chi connectivity index (χ4n) is 3.60. The van der Waals surface area contributed by atoms with E-state index in [0.717, 1.165) is 36.7 Å². The zero-order valence-corrected chi connectivity index (χ0v) is 18.6. The monoisotopic (exact) mass is 427 g/mol. The summed E-state index contributed by atoms with van der Waals surface area (Å²) in [6, 6.07) is 11.6. The van der Waals surface area contributed by atoms with Crippen molar-refractivity contribution in [1.82, 2.24) is 4.90 Å². The number of rotatable bonds is 5. The van der Waals surface area contributed by atoms with Gasteiger partial charge in [0, 0.05) is 42.0 Å². The van der Waals surface area contributed by atoms with Crippen LogP contribution < -0.4 is 9.80 Å². The Balaban J connectivity index is 1.61. The van der Waals surface area contributed by atoms with Gasteiger partial charge >= 0.3 is 0 Å². The van der Waals surface area contributed by atoms with E-state index in [9.17, 15) is 9.59 Å². The second-order valence-electron chi connectivity index (χ2n) is 7.60. The Bertz CT molecular complexity index is 927. The summed E-state index contributed by atoms with van der Waals surface area (Å²) in [7, 11) is 2.13. The van der Waals surface area contributed by atoms with Crippen LogP contribution in [-0.2, 0) is 9.59 Å². The summed E-state index contributed by atoms with van der Waals surface area (Å²) in [5, 5.41) is 2.15. The van der Waals surface area contributed by atoms with Crippen molar-refractivity contribution < 1.29 is 9.59 Å². The summed E-state index contributed by atoms with van der Waals surface area (Å²) in [5.41, 5.74) is 2.29. The third-order valence-electron chi connectivity index (χ3n) is 5.14. The molecule has 0 bridgehead atoms. The van der Waals surface area contributed by atoms with Crippen molar-refractivity contribution in [2.75, 3.05) is 43.0 Å². The lowest BCUT2D eigenvalue weighted by molar-refractivity contribution is -0.119. The molecule has 1 saturated heterocycles. The fourth-order valence-corrected chi connectivity index (χ4v) is 5.42. The summed E-state index contributed by atoms with van der Waals surface area (Å²) in [6.07, 6.45) is 0. The molecule has 4 rings (SSSR count). The summed E-state index contributed by atoms with van der Waals surface area (Å²) < 4.78 is 0. The molecule has 1 aromatic heterocycles. The fraction of sp³-hybridized carbons (Fsp3) is 0.364. The highest BCUT2D eigenvalue weighted by Gasteiger charge is 2.40. The Morgan fingerprint density at radius 1 is 0.931 bits per heavy atom. The molecular formula is C22H25N3O2S2. The third kappa shape index (κ3) is 3.99. The Labute approximate surface area is 180 Å². The van der Waals surface area contributed by atoms with Crippen molar-refractivity contribution in [3.8, 4) is 0 Å². The van der Waals surface area contributed by atoms with Crippen LogP contribution in [0.2, 0.25) is 0 Å². The first kappa shape index (κ1) is 20.2. The second-order valence-corrected chi connectivity index (χ2v) is 10.1. The van der Waals surface area contributed by atoms with Crippen LogP contribution in [0.1, 0.15) is 18.7 Å². The highest BCUT2D eigenvalue weighted by atomic mass is 32.2. The lowest BCUT2D eigenvalue weighted by Crippen LogP contribution is -2.44. The number of thiophene rings is 1. The van der Waals surface area contributed by atoms with Crippen molar-refractivity contribution in [2.45, 2.75) is 19.1 Å². The van der Waals surface area contributed by atoms with Crippen molar-refractivity contribution in [2.24, 2.45) is 0 Å². The normalized spacial score (nSPS) is 18.5. The van der Waals surface area contributed by atoms with Crippen molar-refractivity contribution >= 4 is 51.9 Å². The van der Waals surface area contributed by atoms with Crippen LogP contribution in [0.15, 0.2) is 46.7 Å². The molecule has 7 heteroatoms. The third-order valence-corrected chi connectivity index (χ3v) is 7.11. The summed E-state index contributed by atoms with van der Waals surface area (Å²) >= 11 is 2.96. The first-order chi connectivity index (χ1) is 14.0. The van der Waals surface area contributed by atoms with Gasteiger partial charge in [0.2, 0.25) is 0 Å². The standard InChI is InChI=1S/C22H25N3O2S2/c1-15(2)29-20-19(18-5-4-14-28-18)21(26)25(22(20)27)17-8-6-16(7-9-17)24-12-10-23(3)11-13-24/h4-9,14-15H,10-13H2,1-3H3. The number of nitrogens with zero attached hydrogens (tertiary/aromatic N) is 3. The molecule has 0 unspecified atom stereocenters. The molecule has 1 fully saturated rings. The maximum Gasteiger partial charge on any atom is 0.272 e. The minimum absolute atomic E-state index is 0.218. The molecule has 0 atom stereocenters. The minimum Gasteiger partial charge on any atom is -0.369 e. The SMILES string of the molecule is CC(C)SC1=C(c2cccs2)C(=O)N(c2ccc(N3CCN(C)CC3)cc2)C1=O. The zero-order valence-electron chi connectivity index (χ0n) is 16.9. The molecule has 1 aromatic carbocycles. The van der Waals surface area contributed by atoms with E-state index in [4.69, 9.17) is 0 Å². The molecule has 0 N–H and O–H groups in total. The second kappa shape index (κ2) is 8.34. The highest BCUT2D eigenvalue weighted by molar-refractivity contribution is 8.04. The van der Waals surface area contributed by atoms with Gasteiger partial charge < -0.3 is 9.80 Å². The van der Waals surface area contributed by atoms with Crippen LogP contribution in [-0.4, -0.2) is 55.2 Å². The smallest absolute Gasteiger partial charge is 0.272 e. The predicted molar refractivity (Wildman–Crippen MR) is 123 cm³/mol. The van der Waals surface area contributed by atoms with E-state index >= 15 is 0 Å². The number of hydrogen-bond donors (Lipinski definition) is 0. The summed E-state index contributed by atoms with van der Waals surface area (Å²) in [6.45, 7) is 8.11. The van der Waals surface area contributed by atoms with Crippen molar-refractivity contribution in [3.05, 3.63) is 51.6 Å². The van der Waals surface area contributed by atoms with E-state index in [1.807, 2.05) is 55.6 Å². The van der Waals surface area contributed by atoms with Crippen LogP contribution >= 0.6 is 23.1 Å². The van der Waals surface area contributed by atoms with Gasteiger partial charge in [-0.15, -0.1) is 23.1 Å². The molecule has 2 aliphatic heterocycles. The van der Waals surface area contributed by atoms with Crippen molar-refractivity contribution in [3.63, 3.8) is 0 Å². The lowest BCUT2D eigenvalue weighted by atomic mass is 10.2. The number of amides is 2. The number of hydrogen-bond acceptors (Lipinski definition) is 6. The Hall–Kier alpha value is -2.09. The Morgan fingerprint density at radius 2 is 1.59 bits per heavy atom. The van der Waals surface area contributed by atoms with Gasteiger partial charge in [0.15, 0.2) is 0 Å². The first-order valence-corrected chi connectivity index (χ1v) is 11.6. The number of benzene rings is 1. The van der Waals surface area contributed by atoms with E-state index in [-0.39, 0.29) is 17.1 Å². The average Bonchev–Trinajstić information content (AvgIpc) is 3.30. The van der Waals surface area contributed by atoms with Crippen LogP contribution in [0.4, 0.5) is 11.4 Å². The molecule has 5 nitrogen and oxygen atoms in total. The minimum atomic E-state index is -0.229. The van der Waals surface area contributed by atoms with Gasteiger partial charge in [-0.3, -0.25) is 9.59 Å². The number of thioether (sulfide) groups is 1. The maximum absolute atomic E-state index is 13.3. The number of carbonyl (C=O) groups excluding carboxylic acids is 2. The van der Waals surface area contributed by atoms with Gasteiger partial charge in [0.05, 0.1) is 16.2 Å². The molecule has 2 aromatic rings. The van der Waals surface area contributed by atoms with E-state index in [0.29, 0.717) is 16.2 Å². The molecule has 152 valence electrons. The van der Waals surface area contributed by atoms with Gasteiger partial charge in [-0.1, -0.05) is 19.9 Å². The molecule has 0 aliphatic carbocycles. The van der Waals surface area contributed by atoms with Gasteiger partial charge in [0.25, 0.3) is 11.8 Å². The quantitative estimate of drug-likeness (QED) is 0.677. The largest absolute Gasteiger partial charge is 0.369 e. The average molecular weight is 428 g/mol. The van der Waals surface area contributed by atoms with Crippen LogP contribution in [0, 0.1) is 0 Å². The van der Waals surface area contributed by atoms with Crippen LogP contribution in [0.25, 0.3) is 5.57 Å². The number of imide groups is 1. The Kier molecular flexibility index (Phi) is 5.81. The molecule has 2 aliphatic rings. The highest BCUT2D eigenvalue weighted by Crippen LogP contribution is 2.41. The summed E-state index contributed by atoms with van der Waals surface area (Å²) in [4.78, 5) is 33.8. The van der Waals surface area contributed by atoms with Gasteiger partial charge in [0.1, 0.15) is 0 Å². The Morgan fingerprint density at radius 3 is 2.17 bits per heavy atom. The molecule has 3 heterocycles. The number of carbonyl (C=O) groups is 2. The number of piperazine rings is 1. The topological polar surface area (TPSA) is 43.9 Å². The molecule has 0 saturated carbocycles. The molecule has 0 spiro atoms. The zero-order chi connectivity index (χ0) is 20.5. The van der Waals surface area contributed by atoms with Gasteiger partial charge in [-0.05, 0) is 42.8 Å². The van der Waals surface area contributed by atoms with Crippen LogP contribution in [0.5, 0.6) is 0 Å². The van der Waals surface area contributed by atoms with Gasteiger partial charge in [-0.2, -0.15) is 0 Å². The summed E-state index contributed by atoms with van der Waals surface area (Å²) in [5.74, 6) is -0.447. The van der Waals surface area contributed by atoms with E-state index in [2.05, 4.69) is 16.8 Å². The number of likely N-dealkylation sites (N-methyl/N-ethyl adjacent to an activating group) is 1. The maximum atomic E-state index is 13.3. The van der Waals surface area contributed by atoms with Crippen molar-refractivity contribution in [1.29, 1.82) is 0 Å². The molecular weight excluding hydrogens is 402 g/mol. The predicted octanol–water partition coefficient (Wildman–Crippen LogP) is 3.93. The molecule has 2 amide bonds. The molecule has 29 heavy (non-hydrogen) atoms. The first-order valence-electron chi connectivity index (χ1n) is 9.83. The lowest BCUT2D eigenvalue weighted by Gasteiger charge is -2.34. The van der Waals surface area contributed by atoms with E-state index in [1.165, 1.54) is 28.0 Å².